The van der Waals surface area contributed by atoms with Crippen LogP contribution >= 0.6 is 0 Å². The third kappa shape index (κ3) is 3.57. The van der Waals surface area contributed by atoms with Crippen LogP contribution in [0, 0.1) is 0 Å². The first-order valence-electron chi connectivity index (χ1n) is 7.13. The highest BCUT2D eigenvalue weighted by atomic mass is 19.4. The Morgan fingerprint density at radius 3 is 2.65 bits per heavy atom. The fourth-order valence-electron chi connectivity index (χ4n) is 2.69. The number of fused-ring (bicyclic) bond motifs is 1. The van der Waals surface area contributed by atoms with Crippen LogP contribution in [-0.2, 0) is 15.7 Å². The molecule has 1 aliphatic heterocycles. The van der Waals surface area contributed by atoms with Crippen molar-refractivity contribution in [2.24, 2.45) is 0 Å². The van der Waals surface area contributed by atoms with Gasteiger partial charge in [-0.15, -0.1) is 0 Å². The van der Waals surface area contributed by atoms with Crippen LogP contribution < -0.4 is 10.6 Å². The zero-order valence-corrected chi connectivity index (χ0v) is 12.7. The van der Waals surface area contributed by atoms with E-state index < -0.39 is 29.7 Å². The summed E-state index contributed by atoms with van der Waals surface area (Å²) < 4.78 is 43.9. The summed E-state index contributed by atoms with van der Waals surface area (Å²) in [7, 11) is 1.11. The molecule has 0 unspecified atom stereocenters. The highest BCUT2D eigenvalue weighted by molar-refractivity contribution is 5.97. The Labute approximate surface area is 131 Å². The molecule has 8 heteroatoms. The fraction of sp³-hybridized carbons (Fsp3) is 0.467. The number of hydrogen-bond donors (Lipinski definition) is 2. The van der Waals surface area contributed by atoms with Crippen molar-refractivity contribution < 1.29 is 27.5 Å². The van der Waals surface area contributed by atoms with Gasteiger partial charge in [0.15, 0.2) is 0 Å². The maximum atomic E-state index is 13.2. The van der Waals surface area contributed by atoms with Gasteiger partial charge in [-0.05, 0) is 24.5 Å². The van der Waals surface area contributed by atoms with Gasteiger partial charge in [-0.3, -0.25) is 10.1 Å². The first kappa shape index (κ1) is 17.1. The van der Waals surface area contributed by atoms with E-state index in [4.69, 9.17) is 0 Å². The molecule has 0 saturated carbocycles. The van der Waals surface area contributed by atoms with Gasteiger partial charge in [0.2, 0.25) is 5.91 Å². The maximum absolute atomic E-state index is 13.2. The number of imide groups is 1. The summed E-state index contributed by atoms with van der Waals surface area (Å²) in [5, 5.41) is 4.89. The molecule has 5 nitrogen and oxygen atoms in total. The molecule has 0 aromatic heterocycles. The highest BCUT2D eigenvalue weighted by Gasteiger charge is 2.39. The molecule has 2 rings (SSSR count). The number of carbonyl (C=O) groups is 2. The predicted molar refractivity (Wildman–Crippen MR) is 77.1 cm³/mol. The van der Waals surface area contributed by atoms with Crippen molar-refractivity contribution in [1.29, 1.82) is 0 Å². The largest absolute Gasteiger partial charge is 0.453 e. The van der Waals surface area contributed by atoms with Gasteiger partial charge in [0.05, 0.1) is 24.3 Å². The fourth-order valence-corrected chi connectivity index (χ4v) is 2.69. The number of ether oxygens (including phenoxy) is 1. The molecule has 126 valence electrons. The molecule has 1 aromatic rings. The van der Waals surface area contributed by atoms with Crippen molar-refractivity contribution in [2.45, 2.75) is 37.9 Å². The number of methoxy groups -OCH3 is 1. The van der Waals surface area contributed by atoms with Gasteiger partial charge in [-0.1, -0.05) is 19.1 Å². The third-order valence-electron chi connectivity index (χ3n) is 3.87. The quantitative estimate of drug-likeness (QED) is 0.873. The van der Waals surface area contributed by atoms with E-state index in [1.807, 2.05) is 12.2 Å². The van der Waals surface area contributed by atoms with Crippen LogP contribution in [0.1, 0.15) is 36.8 Å². The van der Waals surface area contributed by atoms with Crippen molar-refractivity contribution in [1.82, 2.24) is 5.32 Å². The minimum Gasteiger partial charge on any atom is -0.453 e. The van der Waals surface area contributed by atoms with E-state index in [9.17, 15) is 22.8 Å². The summed E-state index contributed by atoms with van der Waals surface area (Å²) in [4.78, 5) is 23.4. The first-order valence-corrected chi connectivity index (χ1v) is 7.13. The van der Waals surface area contributed by atoms with Gasteiger partial charge < -0.3 is 10.1 Å². The maximum Gasteiger partial charge on any atom is 0.418 e. The lowest BCUT2D eigenvalue weighted by Gasteiger charge is -2.33. The normalized spacial score (nSPS) is 20.2. The van der Waals surface area contributed by atoms with Crippen molar-refractivity contribution in [3.05, 3.63) is 29.3 Å². The molecule has 0 radical (unpaired) electrons. The number of hydrogen-bond acceptors (Lipinski definition) is 4. The van der Waals surface area contributed by atoms with E-state index in [0.29, 0.717) is 12.8 Å². The first-order chi connectivity index (χ1) is 10.8. The van der Waals surface area contributed by atoms with E-state index in [-0.39, 0.29) is 17.3 Å². The lowest BCUT2D eigenvalue weighted by molar-refractivity contribution is -0.137. The number of amides is 2. The van der Waals surface area contributed by atoms with Crippen LogP contribution in [-0.4, -0.2) is 25.2 Å². The average Bonchev–Trinajstić information content (AvgIpc) is 2.51. The molecule has 23 heavy (non-hydrogen) atoms. The van der Waals surface area contributed by atoms with Crippen LogP contribution in [0.5, 0.6) is 0 Å². The smallest absolute Gasteiger partial charge is 0.418 e. The van der Waals surface area contributed by atoms with Crippen molar-refractivity contribution in [2.75, 3.05) is 12.4 Å². The standard InChI is InChI=1S/C15H17F3N2O3/c1-3-8-7-10(13(21)20-14(22)23-2)9-5-4-6-11(12(9)19-8)15(16,17)18/h4-6,8,10,19H,3,7H2,1-2H3,(H,20,21,22)/t8-,10+/m1/s1. The summed E-state index contributed by atoms with van der Waals surface area (Å²) in [6.07, 6.45) is -4.62. The number of para-hydroxylation sites is 1. The van der Waals surface area contributed by atoms with Gasteiger partial charge >= 0.3 is 12.3 Å². The Balaban J connectivity index is 2.44. The van der Waals surface area contributed by atoms with E-state index in [1.54, 1.807) is 0 Å². The monoisotopic (exact) mass is 330 g/mol. The molecule has 0 saturated heterocycles. The minimum atomic E-state index is -4.53. The zero-order chi connectivity index (χ0) is 17.2. The van der Waals surface area contributed by atoms with E-state index in [0.717, 1.165) is 13.2 Å². The van der Waals surface area contributed by atoms with E-state index in [2.05, 4.69) is 10.1 Å². The summed E-state index contributed by atoms with van der Waals surface area (Å²) in [5.41, 5.74) is -0.682. The number of alkyl carbamates (subject to hydrolysis) is 1. The molecule has 1 aliphatic rings. The number of benzene rings is 1. The van der Waals surface area contributed by atoms with Crippen LogP contribution in [0.25, 0.3) is 0 Å². The second kappa shape index (κ2) is 6.47. The summed E-state index contributed by atoms with van der Waals surface area (Å²) >= 11 is 0. The van der Waals surface area contributed by atoms with Crippen LogP contribution in [0.3, 0.4) is 0 Å². The zero-order valence-electron chi connectivity index (χ0n) is 12.7. The van der Waals surface area contributed by atoms with Gasteiger partial charge in [-0.25, -0.2) is 4.79 Å². The highest BCUT2D eigenvalue weighted by Crippen LogP contribution is 2.43. The second-order valence-electron chi connectivity index (χ2n) is 5.29. The Hall–Kier alpha value is -2.25. The number of nitrogens with one attached hydrogen (secondary N) is 2. The number of alkyl halides is 3. The van der Waals surface area contributed by atoms with Gasteiger partial charge in [0, 0.05) is 6.04 Å². The van der Waals surface area contributed by atoms with Crippen molar-refractivity contribution in [3.63, 3.8) is 0 Å². The average molecular weight is 330 g/mol. The summed E-state index contributed by atoms with van der Waals surface area (Å²) in [6.45, 7) is 1.81. The van der Waals surface area contributed by atoms with E-state index >= 15 is 0 Å². The molecular formula is C15H17F3N2O3. The number of halogens is 3. The van der Waals surface area contributed by atoms with Crippen LogP contribution in [0.2, 0.25) is 0 Å². The predicted octanol–water partition coefficient (Wildman–Crippen LogP) is 3.27. The number of carbonyl (C=O) groups excluding carboxylic acids is 2. The molecule has 0 aliphatic carbocycles. The van der Waals surface area contributed by atoms with Gasteiger partial charge in [0.1, 0.15) is 0 Å². The molecule has 2 N–H and O–H groups in total. The van der Waals surface area contributed by atoms with Crippen molar-refractivity contribution >= 4 is 17.7 Å². The SMILES string of the molecule is CC[C@@H]1C[C@H](C(=O)NC(=O)OC)c2cccc(C(F)(F)F)c2N1. The molecular weight excluding hydrogens is 313 g/mol. The van der Waals surface area contributed by atoms with Crippen LogP contribution in [0.4, 0.5) is 23.7 Å². The molecule has 0 spiro atoms. The van der Waals surface area contributed by atoms with Crippen molar-refractivity contribution in [3.8, 4) is 0 Å². The number of rotatable bonds is 2. The molecule has 1 heterocycles. The lowest BCUT2D eigenvalue weighted by Crippen LogP contribution is -2.40. The summed E-state index contributed by atoms with van der Waals surface area (Å²) in [6, 6.07) is 3.40. The third-order valence-corrected chi connectivity index (χ3v) is 3.87. The molecule has 2 atom stereocenters. The second-order valence-corrected chi connectivity index (χ2v) is 5.29. The Morgan fingerprint density at radius 1 is 1.39 bits per heavy atom. The van der Waals surface area contributed by atoms with E-state index in [1.165, 1.54) is 12.1 Å². The topological polar surface area (TPSA) is 67.4 Å². The van der Waals surface area contributed by atoms with Crippen LogP contribution in [0.15, 0.2) is 18.2 Å². The number of anilines is 1. The van der Waals surface area contributed by atoms with Gasteiger partial charge in [-0.2, -0.15) is 13.2 Å². The lowest BCUT2D eigenvalue weighted by atomic mass is 9.84. The Kier molecular flexibility index (Phi) is 4.82. The molecule has 0 bridgehead atoms. The Morgan fingerprint density at radius 2 is 2.09 bits per heavy atom. The molecule has 2 amide bonds. The Bertz CT molecular complexity index is 616. The molecule has 1 aromatic carbocycles. The minimum absolute atomic E-state index is 0.0943. The molecule has 0 fully saturated rings. The van der Waals surface area contributed by atoms with Gasteiger partial charge in [0.25, 0.3) is 0 Å². The summed E-state index contributed by atoms with van der Waals surface area (Å²) in [5.74, 6) is -1.52.